The maximum Gasteiger partial charge on any atom is 0.302 e. The molecule has 0 aliphatic heterocycles. The first kappa shape index (κ1) is 18.6. The molecule has 0 bridgehead atoms. The van der Waals surface area contributed by atoms with Gasteiger partial charge in [-0.2, -0.15) is 0 Å². The zero-order valence-corrected chi connectivity index (χ0v) is 12.9. The van der Waals surface area contributed by atoms with Crippen LogP contribution in [-0.4, -0.2) is 48.9 Å². The molecule has 0 radical (unpaired) electrons. The summed E-state index contributed by atoms with van der Waals surface area (Å²) >= 11 is 0. The fraction of sp³-hybridized carbons (Fsp3) is 0.714. The van der Waals surface area contributed by atoms with Gasteiger partial charge in [-0.05, 0) is 25.8 Å². The van der Waals surface area contributed by atoms with E-state index in [1.54, 1.807) is 13.0 Å². The summed E-state index contributed by atoms with van der Waals surface area (Å²) in [6.45, 7) is 5.15. The summed E-state index contributed by atoms with van der Waals surface area (Å²) in [5.74, 6) is -1.11. The Kier molecular flexibility index (Phi) is 8.83. The van der Waals surface area contributed by atoms with Crippen molar-refractivity contribution in [2.75, 3.05) is 20.8 Å². The number of hydroxylamine groups is 2. The van der Waals surface area contributed by atoms with Gasteiger partial charge in [-0.15, -0.1) is 0 Å². The summed E-state index contributed by atoms with van der Waals surface area (Å²) in [5.41, 5.74) is 1.00. The van der Waals surface area contributed by atoms with Gasteiger partial charge in [0.15, 0.2) is 0 Å². The summed E-state index contributed by atoms with van der Waals surface area (Å²) in [7, 11) is 2.91. The van der Waals surface area contributed by atoms with Crippen LogP contribution in [0.25, 0.3) is 0 Å². The van der Waals surface area contributed by atoms with Crippen LogP contribution in [0, 0.1) is 5.92 Å². The quantitative estimate of drug-likeness (QED) is 0.413. The maximum atomic E-state index is 11.8. The number of rotatable bonds is 8. The highest BCUT2D eigenvalue weighted by Crippen LogP contribution is 2.15. The van der Waals surface area contributed by atoms with Gasteiger partial charge in [0.25, 0.3) is 5.91 Å². The maximum absolute atomic E-state index is 11.8. The third-order valence-electron chi connectivity index (χ3n) is 3.10. The lowest BCUT2D eigenvalue weighted by Crippen LogP contribution is -2.36. The second-order valence-corrected chi connectivity index (χ2v) is 4.77. The normalized spacial score (nSPS) is 14.6. The highest BCUT2D eigenvalue weighted by Gasteiger charge is 2.24. The minimum atomic E-state index is -0.739. The van der Waals surface area contributed by atoms with Crippen LogP contribution in [0.3, 0.4) is 0 Å². The number of allylic oxidation sites excluding steroid dienone is 1. The Morgan fingerprint density at radius 1 is 1.35 bits per heavy atom. The highest BCUT2D eigenvalue weighted by atomic mass is 16.7. The molecule has 0 aromatic rings. The van der Waals surface area contributed by atoms with E-state index in [-0.39, 0.29) is 18.5 Å². The Balaban J connectivity index is 4.17. The molecule has 1 N–H and O–H groups in total. The number of hydrogen-bond acceptors (Lipinski definition) is 5. The van der Waals surface area contributed by atoms with Gasteiger partial charge in [-0.3, -0.25) is 14.4 Å². The van der Waals surface area contributed by atoms with Gasteiger partial charge in [0, 0.05) is 14.0 Å². The van der Waals surface area contributed by atoms with Crippen LogP contribution in [0.15, 0.2) is 11.6 Å². The second kappa shape index (κ2) is 9.50. The molecule has 0 aromatic heterocycles. The van der Waals surface area contributed by atoms with Gasteiger partial charge in [0.05, 0.1) is 19.1 Å². The molecule has 1 amide bonds. The Hall–Kier alpha value is -1.40. The summed E-state index contributed by atoms with van der Waals surface area (Å²) in [4.78, 5) is 27.2. The zero-order chi connectivity index (χ0) is 15.7. The Bertz CT molecular complexity index is 353. The van der Waals surface area contributed by atoms with Crippen molar-refractivity contribution in [3.05, 3.63) is 11.6 Å². The van der Waals surface area contributed by atoms with Gasteiger partial charge in [0.1, 0.15) is 6.61 Å². The molecule has 0 saturated carbocycles. The molecule has 116 valence electrons. The lowest BCUT2D eigenvalue weighted by molar-refractivity contribution is -0.176. The molecule has 0 fully saturated rings. The molecule has 0 spiro atoms. The average Bonchev–Trinajstić information content (AvgIpc) is 2.41. The monoisotopic (exact) mass is 287 g/mol. The lowest BCUT2D eigenvalue weighted by Gasteiger charge is -2.22. The Labute approximate surface area is 120 Å². The first-order chi connectivity index (χ1) is 9.29. The molecule has 0 unspecified atom stereocenters. The van der Waals surface area contributed by atoms with E-state index in [1.165, 1.54) is 21.1 Å². The minimum Gasteiger partial charge on any atom is -0.462 e. The van der Waals surface area contributed by atoms with E-state index < -0.39 is 12.0 Å². The SMILES string of the molecule is CON(C)C(=O)[C@@H](C)[C@H](O)CC/C(C)=C/COC(C)=O. The van der Waals surface area contributed by atoms with Crippen LogP contribution in [0.5, 0.6) is 0 Å². The van der Waals surface area contributed by atoms with Crippen molar-refractivity contribution in [2.24, 2.45) is 5.92 Å². The van der Waals surface area contributed by atoms with Gasteiger partial charge in [0.2, 0.25) is 0 Å². The molecular formula is C14H25NO5. The highest BCUT2D eigenvalue weighted by molar-refractivity contribution is 5.77. The van der Waals surface area contributed by atoms with Crippen LogP contribution < -0.4 is 0 Å². The molecule has 0 aliphatic rings. The molecule has 0 aliphatic carbocycles. The predicted molar refractivity (Wildman–Crippen MR) is 74.6 cm³/mol. The van der Waals surface area contributed by atoms with E-state index in [2.05, 4.69) is 0 Å². The molecule has 0 heterocycles. The number of hydrogen-bond donors (Lipinski definition) is 1. The Morgan fingerprint density at radius 2 is 1.95 bits per heavy atom. The van der Waals surface area contributed by atoms with Crippen LogP contribution >= 0.6 is 0 Å². The van der Waals surface area contributed by atoms with Crippen LogP contribution in [0.1, 0.15) is 33.6 Å². The van der Waals surface area contributed by atoms with E-state index in [4.69, 9.17) is 9.57 Å². The fourth-order valence-corrected chi connectivity index (χ4v) is 1.57. The van der Waals surface area contributed by atoms with Gasteiger partial charge in [-0.1, -0.05) is 12.5 Å². The van der Waals surface area contributed by atoms with E-state index in [0.717, 1.165) is 10.6 Å². The summed E-state index contributed by atoms with van der Waals surface area (Å²) < 4.78 is 4.80. The number of carbonyl (C=O) groups is 2. The molecular weight excluding hydrogens is 262 g/mol. The molecule has 20 heavy (non-hydrogen) atoms. The number of nitrogens with zero attached hydrogens (tertiary/aromatic N) is 1. The lowest BCUT2D eigenvalue weighted by atomic mass is 9.97. The first-order valence-corrected chi connectivity index (χ1v) is 6.58. The third-order valence-corrected chi connectivity index (χ3v) is 3.10. The van der Waals surface area contributed by atoms with Crippen LogP contribution in [0.2, 0.25) is 0 Å². The summed E-state index contributed by atoms with van der Waals surface area (Å²) in [6, 6.07) is 0. The fourth-order valence-electron chi connectivity index (χ4n) is 1.57. The third kappa shape index (κ3) is 7.25. The summed E-state index contributed by atoms with van der Waals surface area (Å²) in [5, 5.41) is 11.1. The molecule has 6 heteroatoms. The van der Waals surface area contributed by atoms with Gasteiger partial charge < -0.3 is 9.84 Å². The predicted octanol–water partition coefficient (Wildman–Crippen LogP) is 1.29. The molecule has 2 atom stereocenters. The van der Waals surface area contributed by atoms with E-state index >= 15 is 0 Å². The summed E-state index contributed by atoms with van der Waals surface area (Å²) in [6.07, 6.45) is 2.16. The number of esters is 1. The number of ether oxygens (including phenoxy) is 1. The molecule has 0 aromatic carbocycles. The topological polar surface area (TPSA) is 76.1 Å². The smallest absolute Gasteiger partial charge is 0.302 e. The van der Waals surface area contributed by atoms with Gasteiger partial charge in [-0.25, -0.2) is 5.06 Å². The minimum absolute atomic E-state index is 0.234. The van der Waals surface area contributed by atoms with Crippen LogP contribution in [-0.2, 0) is 19.2 Å². The average molecular weight is 287 g/mol. The zero-order valence-electron chi connectivity index (χ0n) is 12.9. The van der Waals surface area contributed by atoms with Crippen molar-refractivity contribution in [3.63, 3.8) is 0 Å². The molecule has 0 rings (SSSR count). The number of aliphatic hydroxyl groups excluding tert-OH is 1. The van der Waals surface area contributed by atoms with E-state index in [9.17, 15) is 14.7 Å². The van der Waals surface area contributed by atoms with Crippen molar-refractivity contribution in [2.45, 2.75) is 39.7 Å². The molecule has 0 saturated heterocycles. The van der Waals surface area contributed by atoms with Gasteiger partial charge >= 0.3 is 5.97 Å². The molecule has 6 nitrogen and oxygen atoms in total. The van der Waals surface area contributed by atoms with Crippen molar-refractivity contribution in [3.8, 4) is 0 Å². The second-order valence-electron chi connectivity index (χ2n) is 4.77. The van der Waals surface area contributed by atoms with Crippen LogP contribution in [0.4, 0.5) is 0 Å². The van der Waals surface area contributed by atoms with E-state index in [0.29, 0.717) is 12.8 Å². The first-order valence-electron chi connectivity index (χ1n) is 6.58. The number of carbonyl (C=O) groups excluding carboxylic acids is 2. The van der Waals surface area contributed by atoms with Crippen molar-refractivity contribution in [1.82, 2.24) is 5.06 Å². The van der Waals surface area contributed by atoms with E-state index in [1.807, 2.05) is 6.92 Å². The standard InChI is InChI=1S/C14H25NO5/c1-10(8-9-20-12(3)16)6-7-13(17)11(2)14(18)15(4)19-5/h8,11,13,17H,6-7,9H2,1-5H3/b10-8+/t11-,13+/m0/s1. The Morgan fingerprint density at radius 3 is 2.45 bits per heavy atom. The largest absolute Gasteiger partial charge is 0.462 e. The van der Waals surface area contributed by atoms with Crippen molar-refractivity contribution >= 4 is 11.9 Å². The van der Waals surface area contributed by atoms with Crippen molar-refractivity contribution < 1.29 is 24.3 Å². The van der Waals surface area contributed by atoms with Crippen molar-refractivity contribution in [1.29, 1.82) is 0 Å². The number of amides is 1. The number of aliphatic hydroxyl groups is 1.